The predicted octanol–water partition coefficient (Wildman–Crippen LogP) is 3.61. The van der Waals surface area contributed by atoms with Crippen molar-refractivity contribution >= 4 is 23.5 Å². The minimum atomic E-state index is -1.72. The molecule has 1 aliphatic carbocycles. The van der Waals surface area contributed by atoms with Gasteiger partial charge in [0.25, 0.3) is 0 Å². The summed E-state index contributed by atoms with van der Waals surface area (Å²) in [6.45, 7) is 3.40. The molecule has 1 amide bonds. The molecule has 1 atom stereocenters. The Morgan fingerprint density at radius 3 is 2.23 bits per heavy atom. The fourth-order valence-electron chi connectivity index (χ4n) is 3.88. The van der Waals surface area contributed by atoms with Crippen LogP contribution in [0.5, 0.6) is 0 Å². The lowest BCUT2D eigenvalue weighted by Gasteiger charge is -2.37. The first-order valence-electron chi connectivity index (χ1n) is 9.90. The average Bonchev–Trinajstić information content (AvgIpc) is 2.74. The van der Waals surface area contributed by atoms with Gasteiger partial charge in [0.1, 0.15) is 5.82 Å². The van der Waals surface area contributed by atoms with Gasteiger partial charge in [-0.1, -0.05) is 30.3 Å². The van der Waals surface area contributed by atoms with Gasteiger partial charge in [-0.3, -0.25) is 14.4 Å². The second-order valence-electron chi connectivity index (χ2n) is 7.12. The molecule has 1 N–H and O–H groups in total. The summed E-state index contributed by atoms with van der Waals surface area (Å²) < 4.78 is 25.1. The average molecular weight is 413 g/mol. The molecule has 0 saturated heterocycles. The van der Waals surface area contributed by atoms with Gasteiger partial charge < -0.3 is 14.8 Å². The number of esters is 2. The van der Waals surface area contributed by atoms with Crippen molar-refractivity contribution in [1.82, 2.24) is 0 Å². The molecule has 158 valence electrons. The van der Waals surface area contributed by atoms with Crippen LogP contribution < -0.4 is 5.32 Å². The molecule has 0 heterocycles. The highest BCUT2D eigenvalue weighted by Gasteiger charge is 2.55. The third kappa shape index (κ3) is 4.06. The Hall–Kier alpha value is -3.22. The zero-order valence-electron chi connectivity index (χ0n) is 16.9. The number of ether oxygens (including phenoxy) is 2. The summed E-state index contributed by atoms with van der Waals surface area (Å²) in [6.07, 6.45) is -0.329. The van der Waals surface area contributed by atoms with E-state index in [1.54, 1.807) is 50.2 Å². The van der Waals surface area contributed by atoms with Gasteiger partial charge in [0.05, 0.1) is 19.1 Å². The van der Waals surface area contributed by atoms with E-state index in [0.717, 1.165) is 0 Å². The van der Waals surface area contributed by atoms with Gasteiger partial charge in [0.2, 0.25) is 5.91 Å². The number of carbonyl (C=O) groups is 3. The van der Waals surface area contributed by atoms with E-state index in [1.807, 2.05) is 0 Å². The van der Waals surface area contributed by atoms with Crippen LogP contribution in [0.25, 0.3) is 0 Å². The predicted molar refractivity (Wildman–Crippen MR) is 108 cm³/mol. The Labute approximate surface area is 174 Å². The summed E-state index contributed by atoms with van der Waals surface area (Å²) in [5.74, 6) is -3.66. The lowest BCUT2D eigenvalue weighted by atomic mass is 9.66. The second kappa shape index (κ2) is 9.07. The Bertz CT molecular complexity index is 926. The number of hydrogen-bond acceptors (Lipinski definition) is 5. The second-order valence-corrected chi connectivity index (χ2v) is 7.12. The van der Waals surface area contributed by atoms with Gasteiger partial charge in [-0.25, -0.2) is 4.39 Å². The molecule has 0 fully saturated rings. The molecule has 6 nitrogen and oxygen atoms in total. The topological polar surface area (TPSA) is 81.7 Å². The summed E-state index contributed by atoms with van der Waals surface area (Å²) in [7, 11) is 0. The van der Waals surface area contributed by atoms with Crippen molar-refractivity contribution in [1.29, 1.82) is 0 Å². The van der Waals surface area contributed by atoms with Crippen LogP contribution in [0.3, 0.4) is 0 Å². The third-order valence-electron chi connectivity index (χ3n) is 5.23. The number of para-hydroxylation sites is 1. The van der Waals surface area contributed by atoms with Gasteiger partial charge in [0, 0.05) is 11.3 Å². The van der Waals surface area contributed by atoms with E-state index in [2.05, 4.69) is 5.32 Å². The van der Waals surface area contributed by atoms with Crippen molar-refractivity contribution in [2.75, 3.05) is 18.5 Å². The minimum Gasteiger partial charge on any atom is -0.465 e. The van der Waals surface area contributed by atoms with Crippen molar-refractivity contribution in [2.45, 2.75) is 32.6 Å². The van der Waals surface area contributed by atoms with Crippen LogP contribution in [0.15, 0.2) is 48.5 Å². The molecule has 0 aliphatic heterocycles. The number of benzene rings is 2. The number of hydrogen-bond donors (Lipinski definition) is 1. The fourth-order valence-corrected chi connectivity index (χ4v) is 3.88. The number of halogens is 1. The molecule has 0 bridgehead atoms. The summed E-state index contributed by atoms with van der Waals surface area (Å²) in [5, 5.41) is 2.75. The van der Waals surface area contributed by atoms with E-state index in [-0.39, 0.29) is 31.6 Å². The molecule has 0 spiro atoms. The van der Waals surface area contributed by atoms with Gasteiger partial charge in [-0.15, -0.1) is 0 Å². The fraction of sp³-hybridized carbons (Fsp3) is 0.348. The summed E-state index contributed by atoms with van der Waals surface area (Å²) in [6, 6.07) is 13.1. The van der Waals surface area contributed by atoms with Crippen molar-refractivity contribution in [3.05, 3.63) is 65.5 Å². The Balaban J connectivity index is 2.07. The van der Waals surface area contributed by atoms with E-state index >= 15 is 0 Å². The maximum atomic E-state index is 14.8. The number of amides is 1. The number of anilines is 1. The summed E-state index contributed by atoms with van der Waals surface area (Å²) in [5.41, 5.74) is -0.583. The molecular weight excluding hydrogens is 389 g/mol. The maximum Gasteiger partial charge on any atom is 0.323 e. The Morgan fingerprint density at radius 2 is 1.63 bits per heavy atom. The van der Waals surface area contributed by atoms with Crippen LogP contribution in [-0.4, -0.2) is 31.1 Å². The highest BCUT2D eigenvalue weighted by molar-refractivity contribution is 6.03. The minimum absolute atomic E-state index is 0.0663. The molecule has 0 radical (unpaired) electrons. The molecular formula is C23H24FNO5. The molecule has 1 unspecified atom stereocenters. The molecule has 2 aromatic rings. The first-order chi connectivity index (χ1) is 14.4. The standard InChI is InChI=1S/C23H24FNO5/c1-3-29-21(27)23(22(28)30-4-2)13-15-9-8-12-18(24)19(15)17(14-23)20(26)25-16-10-6-5-7-11-16/h5-12,17H,3-4,13-14H2,1-2H3,(H,25,26). The Kier molecular flexibility index (Phi) is 6.50. The van der Waals surface area contributed by atoms with Crippen molar-refractivity contribution in [3.8, 4) is 0 Å². The number of carbonyl (C=O) groups excluding carboxylic acids is 3. The Morgan fingerprint density at radius 1 is 1.00 bits per heavy atom. The maximum absolute atomic E-state index is 14.8. The smallest absolute Gasteiger partial charge is 0.323 e. The lowest BCUT2D eigenvalue weighted by Crippen LogP contribution is -2.49. The monoisotopic (exact) mass is 413 g/mol. The van der Waals surface area contributed by atoms with Crippen LogP contribution in [0, 0.1) is 11.2 Å². The van der Waals surface area contributed by atoms with Crippen LogP contribution >= 0.6 is 0 Å². The summed E-state index contributed by atoms with van der Waals surface area (Å²) in [4.78, 5) is 39.0. The highest BCUT2D eigenvalue weighted by Crippen LogP contribution is 2.45. The first kappa shape index (κ1) is 21.5. The van der Waals surface area contributed by atoms with Crippen LogP contribution in [0.2, 0.25) is 0 Å². The van der Waals surface area contributed by atoms with Crippen molar-refractivity contribution < 1.29 is 28.2 Å². The van der Waals surface area contributed by atoms with Crippen LogP contribution in [0.4, 0.5) is 10.1 Å². The molecule has 2 aromatic carbocycles. The highest BCUT2D eigenvalue weighted by atomic mass is 19.1. The number of rotatable bonds is 6. The van der Waals surface area contributed by atoms with Gasteiger partial charge in [0.15, 0.2) is 5.41 Å². The van der Waals surface area contributed by atoms with Crippen molar-refractivity contribution in [3.63, 3.8) is 0 Å². The molecule has 1 aliphatic rings. The van der Waals surface area contributed by atoms with E-state index in [1.165, 1.54) is 12.1 Å². The molecule has 0 saturated carbocycles. The van der Waals surface area contributed by atoms with E-state index in [9.17, 15) is 18.8 Å². The first-order valence-corrected chi connectivity index (χ1v) is 9.90. The van der Waals surface area contributed by atoms with Crippen LogP contribution in [0.1, 0.15) is 37.3 Å². The van der Waals surface area contributed by atoms with E-state index < -0.39 is 35.0 Å². The van der Waals surface area contributed by atoms with E-state index in [4.69, 9.17) is 9.47 Å². The lowest BCUT2D eigenvalue weighted by molar-refractivity contribution is -0.173. The molecule has 0 aromatic heterocycles. The zero-order valence-corrected chi connectivity index (χ0v) is 16.9. The van der Waals surface area contributed by atoms with Gasteiger partial charge in [-0.05, 0) is 50.5 Å². The van der Waals surface area contributed by atoms with E-state index in [0.29, 0.717) is 11.3 Å². The third-order valence-corrected chi connectivity index (χ3v) is 5.23. The van der Waals surface area contributed by atoms with Crippen LogP contribution in [-0.2, 0) is 30.3 Å². The number of nitrogens with one attached hydrogen (secondary N) is 1. The summed E-state index contributed by atoms with van der Waals surface area (Å²) >= 11 is 0. The van der Waals surface area contributed by atoms with Crippen molar-refractivity contribution in [2.24, 2.45) is 5.41 Å². The largest absolute Gasteiger partial charge is 0.465 e. The molecule has 7 heteroatoms. The zero-order chi connectivity index (χ0) is 21.7. The SMILES string of the molecule is CCOC(=O)C1(C(=O)OCC)Cc2cccc(F)c2C(C(=O)Nc2ccccc2)C1. The normalized spacial score (nSPS) is 16.8. The quantitative estimate of drug-likeness (QED) is 0.578. The molecule has 3 rings (SSSR count). The number of fused-ring (bicyclic) bond motifs is 1. The van der Waals surface area contributed by atoms with Gasteiger partial charge in [-0.2, -0.15) is 0 Å². The van der Waals surface area contributed by atoms with Gasteiger partial charge >= 0.3 is 11.9 Å². The molecule has 30 heavy (non-hydrogen) atoms.